The summed E-state index contributed by atoms with van der Waals surface area (Å²) in [7, 11) is 0. The summed E-state index contributed by atoms with van der Waals surface area (Å²) >= 11 is 0. The average molecular weight is 394 g/mol. The lowest BCUT2D eigenvalue weighted by molar-refractivity contribution is 0.0677. The van der Waals surface area contributed by atoms with E-state index in [2.05, 4.69) is 17.9 Å². The van der Waals surface area contributed by atoms with Crippen LogP contribution in [-0.2, 0) is 11.3 Å². The Labute approximate surface area is 173 Å². The third-order valence-corrected chi connectivity index (χ3v) is 6.12. The molecule has 1 atom stereocenters. The number of likely N-dealkylation sites (tertiary alicyclic amines) is 1. The fourth-order valence-corrected chi connectivity index (χ4v) is 4.47. The molecule has 2 aliphatic heterocycles. The highest BCUT2D eigenvalue weighted by molar-refractivity contribution is 5.68. The van der Waals surface area contributed by atoms with E-state index in [1.54, 1.807) is 0 Å². The van der Waals surface area contributed by atoms with E-state index < -0.39 is 0 Å². The standard InChI is InChI=1S/C24H31N3O2/c1-19-16-23(26-13-7-3-8-14-26)25-17-21(19)22-12-6-9-15-27(22)24(28)29-18-20-10-4-2-5-11-20/h2,4-5,10-11,16-17,22H,3,6-9,12-15,18H2,1H3. The number of benzene rings is 1. The second-order valence-electron chi connectivity index (χ2n) is 8.19. The highest BCUT2D eigenvalue weighted by Gasteiger charge is 2.30. The van der Waals surface area contributed by atoms with Crippen molar-refractivity contribution in [2.75, 3.05) is 24.5 Å². The van der Waals surface area contributed by atoms with Crippen LogP contribution in [0.3, 0.4) is 0 Å². The van der Waals surface area contributed by atoms with Gasteiger partial charge in [-0.1, -0.05) is 30.3 Å². The number of hydrogen-bond acceptors (Lipinski definition) is 4. The van der Waals surface area contributed by atoms with Crippen LogP contribution in [0, 0.1) is 6.92 Å². The van der Waals surface area contributed by atoms with Gasteiger partial charge in [-0.15, -0.1) is 0 Å². The van der Waals surface area contributed by atoms with Crippen LogP contribution in [0.1, 0.15) is 61.3 Å². The fraction of sp³-hybridized carbons (Fsp3) is 0.500. The van der Waals surface area contributed by atoms with E-state index in [1.807, 2.05) is 41.4 Å². The first kappa shape index (κ1) is 19.7. The Morgan fingerprint density at radius 1 is 1.07 bits per heavy atom. The first-order valence-corrected chi connectivity index (χ1v) is 10.9. The maximum absolute atomic E-state index is 12.9. The zero-order valence-electron chi connectivity index (χ0n) is 17.3. The van der Waals surface area contributed by atoms with Crippen molar-refractivity contribution in [2.45, 2.75) is 58.1 Å². The van der Waals surface area contributed by atoms with Gasteiger partial charge in [0.15, 0.2) is 0 Å². The summed E-state index contributed by atoms with van der Waals surface area (Å²) in [5, 5.41) is 0. The number of anilines is 1. The summed E-state index contributed by atoms with van der Waals surface area (Å²) in [6.45, 7) is 5.38. The van der Waals surface area contributed by atoms with Crippen LogP contribution < -0.4 is 4.90 Å². The summed E-state index contributed by atoms with van der Waals surface area (Å²) in [6, 6.07) is 12.1. The van der Waals surface area contributed by atoms with Gasteiger partial charge in [0.05, 0.1) is 6.04 Å². The molecule has 2 aliphatic rings. The molecule has 5 heteroatoms. The molecule has 3 heterocycles. The number of carbonyl (C=O) groups is 1. The minimum atomic E-state index is -0.224. The molecule has 0 radical (unpaired) electrons. The van der Waals surface area contributed by atoms with Gasteiger partial charge in [-0.05, 0) is 68.2 Å². The number of carbonyl (C=O) groups excluding carboxylic acids is 1. The van der Waals surface area contributed by atoms with Crippen molar-refractivity contribution in [2.24, 2.45) is 0 Å². The zero-order chi connectivity index (χ0) is 20.1. The number of aryl methyl sites for hydroxylation is 1. The van der Waals surface area contributed by atoms with Crippen molar-refractivity contribution in [1.29, 1.82) is 0 Å². The molecule has 1 amide bonds. The van der Waals surface area contributed by atoms with Crippen molar-refractivity contribution < 1.29 is 9.53 Å². The van der Waals surface area contributed by atoms with Gasteiger partial charge < -0.3 is 14.5 Å². The Kier molecular flexibility index (Phi) is 6.33. The first-order valence-electron chi connectivity index (χ1n) is 10.9. The molecular weight excluding hydrogens is 362 g/mol. The smallest absolute Gasteiger partial charge is 0.410 e. The van der Waals surface area contributed by atoms with E-state index in [9.17, 15) is 4.79 Å². The maximum atomic E-state index is 12.9. The fourth-order valence-electron chi connectivity index (χ4n) is 4.47. The molecule has 1 aromatic carbocycles. The number of amides is 1. The molecule has 2 fully saturated rings. The van der Waals surface area contributed by atoms with Crippen LogP contribution in [0.25, 0.3) is 0 Å². The van der Waals surface area contributed by atoms with E-state index >= 15 is 0 Å². The molecule has 0 spiro atoms. The molecule has 1 aromatic heterocycles. The summed E-state index contributed by atoms with van der Waals surface area (Å²) in [5.41, 5.74) is 3.38. The van der Waals surface area contributed by atoms with Crippen LogP contribution in [0.5, 0.6) is 0 Å². The van der Waals surface area contributed by atoms with E-state index in [4.69, 9.17) is 9.72 Å². The molecular formula is C24H31N3O2. The molecule has 29 heavy (non-hydrogen) atoms. The first-order chi connectivity index (χ1) is 14.2. The van der Waals surface area contributed by atoms with Crippen LogP contribution in [-0.4, -0.2) is 35.6 Å². The van der Waals surface area contributed by atoms with Crippen molar-refractivity contribution in [3.8, 4) is 0 Å². The van der Waals surface area contributed by atoms with Gasteiger partial charge >= 0.3 is 6.09 Å². The Hall–Kier alpha value is -2.56. The zero-order valence-corrected chi connectivity index (χ0v) is 17.3. The van der Waals surface area contributed by atoms with Gasteiger partial charge in [-0.3, -0.25) is 0 Å². The molecule has 154 valence electrons. The highest BCUT2D eigenvalue weighted by Crippen LogP contribution is 2.34. The predicted octanol–water partition coefficient (Wildman–Crippen LogP) is 5.24. The number of hydrogen-bond donors (Lipinski definition) is 0. The summed E-state index contributed by atoms with van der Waals surface area (Å²) < 4.78 is 5.64. The molecule has 5 nitrogen and oxygen atoms in total. The van der Waals surface area contributed by atoms with Gasteiger partial charge in [-0.25, -0.2) is 9.78 Å². The monoisotopic (exact) mass is 393 g/mol. The second-order valence-corrected chi connectivity index (χ2v) is 8.19. The maximum Gasteiger partial charge on any atom is 0.410 e. The normalized spacial score (nSPS) is 19.8. The molecule has 2 aromatic rings. The number of nitrogens with zero attached hydrogens (tertiary/aromatic N) is 3. The average Bonchev–Trinajstić information content (AvgIpc) is 2.79. The van der Waals surface area contributed by atoms with Gasteiger partial charge in [0, 0.05) is 25.8 Å². The minimum Gasteiger partial charge on any atom is -0.445 e. The Bertz CT molecular complexity index is 818. The SMILES string of the molecule is Cc1cc(N2CCCCC2)ncc1C1CCCCN1C(=O)OCc1ccccc1. The largest absolute Gasteiger partial charge is 0.445 e. The van der Waals surface area contributed by atoms with Gasteiger partial charge in [-0.2, -0.15) is 0 Å². The van der Waals surface area contributed by atoms with Crippen LogP contribution >= 0.6 is 0 Å². The van der Waals surface area contributed by atoms with E-state index in [1.165, 1.54) is 24.8 Å². The lowest BCUT2D eigenvalue weighted by atomic mass is 9.94. The lowest BCUT2D eigenvalue weighted by Gasteiger charge is -2.36. The molecule has 2 saturated heterocycles. The van der Waals surface area contributed by atoms with Crippen molar-refractivity contribution >= 4 is 11.9 Å². The Morgan fingerprint density at radius 3 is 2.59 bits per heavy atom. The Morgan fingerprint density at radius 2 is 1.83 bits per heavy atom. The molecule has 1 unspecified atom stereocenters. The summed E-state index contributed by atoms with van der Waals surface area (Å²) in [6.07, 6.45) is 8.68. The molecule has 4 rings (SSSR count). The summed E-state index contributed by atoms with van der Waals surface area (Å²) in [5.74, 6) is 1.07. The topological polar surface area (TPSA) is 45.7 Å². The second kappa shape index (κ2) is 9.29. The minimum absolute atomic E-state index is 0.0509. The number of aromatic nitrogens is 1. The molecule has 0 aliphatic carbocycles. The van der Waals surface area contributed by atoms with Gasteiger partial charge in [0.25, 0.3) is 0 Å². The molecule has 0 N–H and O–H groups in total. The number of piperidine rings is 2. The predicted molar refractivity (Wildman–Crippen MR) is 115 cm³/mol. The van der Waals surface area contributed by atoms with Crippen LogP contribution in [0.2, 0.25) is 0 Å². The van der Waals surface area contributed by atoms with Crippen molar-refractivity contribution in [3.05, 3.63) is 59.3 Å². The number of ether oxygens (including phenoxy) is 1. The van der Waals surface area contributed by atoms with Crippen LogP contribution in [0.15, 0.2) is 42.6 Å². The van der Waals surface area contributed by atoms with Crippen molar-refractivity contribution in [3.63, 3.8) is 0 Å². The quantitative estimate of drug-likeness (QED) is 0.712. The highest BCUT2D eigenvalue weighted by atomic mass is 16.6. The number of rotatable bonds is 4. The van der Waals surface area contributed by atoms with E-state index in [-0.39, 0.29) is 12.1 Å². The van der Waals surface area contributed by atoms with Gasteiger partial charge in [0.2, 0.25) is 0 Å². The van der Waals surface area contributed by atoms with Crippen molar-refractivity contribution in [1.82, 2.24) is 9.88 Å². The third-order valence-electron chi connectivity index (χ3n) is 6.12. The summed E-state index contributed by atoms with van der Waals surface area (Å²) in [4.78, 5) is 21.9. The molecule has 0 saturated carbocycles. The van der Waals surface area contributed by atoms with E-state index in [0.717, 1.165) is 55.8 Å². The molecule has 0 bridgehead atoms. The third kappa shape index (κ3) is 4.72. The Balaban J connectivity index is 1.47. The number of pyridine rings is 1. The van der Waals surface area contributed by atoms with Gasteiger partial charge in [0.1, 0.15) is 12.4 Å². The van der Waals surface area contributed by atoms with Crippen LogP contribution in [0.4, 0.5) is 10.6 Å². The van der Waals surface area contributed by atoms with E-state index in [0.29, 0.717) is 6.61 Å². The lowest BCUT2D eigenvalue weighted by Crippen LogP contribution is -2.39.